The summed E-state index contributed by atoms with van der Waals surface area (Å²) in [5.41, 5.74) is 9.61. The van der Waals surface area contributed by atoms with Crippen molar-refractivity contribution in [3.8, 4) is 11.4 Å². The summed E-state index contributed by atoms with van der Waals surface area (Å²) in [6.45, 7) is 1.73. The molecule has 74 valence electrons. The molecule has 0 amide bonds. The molecule has 15 heavy (non-hydrogen) atoms. The molecule has 0 aliphatic rings. The fourth-order valence-corrected chi connectivity index (χ4v) is 1.15. The maximum atomic E-state index is 8.23. The van der Waals surface area contributed by atoms with Crippen molar-refractivity contribution in [2.75, 3.05) is 0 Å². The van der Waals surface area contributed by atoms with Gasteiger partial charge in [-0.1, -0.05) is 34.5 Å². The number of hydrogen-bond donors (Lipinski definition) is 0. The van der Waals surface area contributed by atoms with E-state index in [1.54, 1.807) is 31.2 Å². The third-order valence-corrected chi connectivity index (χ3v) is 1.81. The largest absolute Gasteiger partial charge is 0.339 e. The molecule has 0 spiro atoms. The smallest absolute Gasteiger partial charge is 0.223 e. The van der Waals surface area contributed by atoms with Gasteiger partial charge in [0, 0.05) is 23.1 Å². The second-order valence-corrected chi connectivity index (χ2v) is 2.87. The highest BCUT2D eigenvalue weighted by Gasteiger charge is 2.04. The second kappa shape index (κ2) is 3.81. The van der Waals surface area contributed by atoms with Crippen molar-refractivity contribution >= 4 is 5.69 Å². The average Bonchev–Trinajstić information content (AvgIpc) is 2.67. The van der Waals surface area contributed by atoms with Gasteiger partial charge in [-0.3, -0.25) is 0 Å². The Morgan fingerprint density at radius 1 is 1.33 bits per heavy atom. The van der Waals surface area contributed by atoms with E-state index in [0.717, 1.165) is 5.56 Å². The van der Waals surface area contributed by atoms with E-state index in [0.29, 0.717) is 17.4 Å². The number of hydrogen-bond acceptors (Lipinski definition) is 4. The van der Waals surface area contributed by atoms with Crippen LogP contribution in [0.25, 0.3) is 21.8 Å². The Hall–Kier alpha value is -2.33. The third-order valence-electron chi connectivity index (χ3n) is 1.81. The highest BCUT2D eigenvalue weighted by Crippen LogP contribution is 2.19. The Morgan fingerprint density at radius 2 is 2.07 bits per heavy atom. The van der Waals surface area contributed by atoms with Gasteiger partial charge in [0.05, 0.1) is 0 Å². The first-order chi connectivity index (χ1) is 7.29. The molecule has 0 unspecified atom stereocenters. The Bertz CT molecular complexity index is 510. The molecular weight excluding hydrogens is 194 g/mol. The molecule has 0 atom stereocenters. The minimum atomic E-state index is 0.518. The fourth-order valence-electron chi connectivity index (χ4n) is 1.15. The normalized spacial score (nSPS) is 9.67. The van der Waals surface area contributed by atoms with Gasteiger partial charge >= 0.3 is 0 Å². The molecule has 0 aliphatic carbocycles. The zero-order valence-corrected chi connectivity index (χ0v) is 7.95. The zero-order chi connectivity index (χ0) is 10.7. The number of benzene rings is 1. The predicted molar refractivity (Wildman–Crippen MR) is 53.3 cm³/mol. The molecule has 1 aromatic heterocycles. The molecule has 0 fully saturated rings. The number of azide groups is 1. The van der Waals surface area contributed by atoms with Crippen LogP contribution in [-0.4, -0.2) is 10.1 Å². The van der Waals surface area contributed by atoms with E-state index in [9.17, 15) is 0 Å². The van der Waals surface area contributed by atoms with E-state index < -0.39 is 0 Å². The zero-order valence-electron chi connectivity index (χ0n) is 7.95. The van der Waals surface area contributed by atoms with Crippen molar-refractivity contribution in [2.45, 2.75) is 6.92 Å². The van der Waals surface area contributed by atoms with Crippen LogP contribution in [0.15, 0.2) is 33.9 Å². The van der Waals surface area contributed by atoms with Crippen molar-refractivity contribution in [3.63, 3.8) is 0 Å². The van der Waals surface area contributed by atoms with Gasteiger partial charge < -0.3 is 4.52 Å². The van der Waals surface area contributed by atoms with Crippen molar-refractivity contribution in [2.24, 2.45) is 5.11 Å². The van der Waals surface area contributed by atoms with Crippen LogP contribution >= 0.6 is 0 Å². The molecule has 6 nitrogen and oxygen atoms in total. The molecule has 0 bridgehead atoms. The molecule has 2 aromatic rings. The summed E-state index contributed by atoms with van der Waals surface area (Å²) in [6.07, 6.45) is 0. The van der Waals surface area contributed by atoms with E-state index in [2.05, 4.69) is 20.2 Å². The molecule has 1 aromatic carbocycles. The van der Waals surface area contributed by atoms with Gasteiger partial charge in [0.15, 0.2) is 0 Å². The number of aryl methyl sites for hydroxylation is 1. The Balaban J connectivity index is 2.35. The van der Waals surface area contributed by atoms with Crippen molar-refractivity contribution in [1.82, 2.24) is 10.1 Å². The topological polar surface area (TPSA) is 87.7 Å². The van der Waals surface area contributed by atoms with Gasteiger partial charge in [-0.15, -0.1) is 0 Å². The van der Waals surface area contributed by atoms with Crippen molar-refractivity contribution in [1.29, 1.82) is 0 Å². The van der Waals surface area contributed by atoms with Crippen LogP contribution in [0, 0.1) is 6.92 Å². The highest BCUT2D eigenvalue weighted by molar-refractivity contribution is 5.57. The first-order valence-electron chi connectivity index (χ1n) is 4.25. The van der Waals surface area contributed by atoms with Crippen LogP contribution in [0.4, 0.5) is 5.69 Å². The van der Waals surface area contributed by atoms with Crippen LogP contribution in [0.1, 0.15) is 5.89 Å². The highest BCUT2D eigenvalue weighted by atomic mass is 16.5. The molecule has 0 radical (unpaired) electrons. The lowest BCUT2D eigenvalue weighted by Gasteiger charge is -1.94. The minimum absolute atomic E-state index is 0.518. The summed E-state index contributed by atoms with van der Waals surface area (Å²) in [7, 11) is 0. The van der Waals surface area contributed by atoms with Gasteiger partial charge in [-0.2, -0.15) is 4.98 Å². The molecular formula is C9H7N5O. The number of nitrogens with zero attached hydrogens (tertiary/aromatic N) is 5. The first-order valence-corrected chi connectivity index (χ1v) is 4.25. The Kier molecular flexibility index (Phi) is 2.35. The van der Waals surface area contributed by atoms with Gasteiger partial charge in [0.1, 0.15) is 0 Å². The van der Waals surface area contributed by atoms with Crippen LogP contribution in [0.5, 0.6) is 0 Å². The quantitative estimate of drug-likeness (QED) is 0.425. The molecule has 6 heteroatoms. The maximum absolute atomic E-state index is 8.23. The SMILES string of the molecule is Cc1nc(-c2ccc(N=[N+]=[N-])cc2)no1. The summed E-state index contributed by atoms with van der Waals surface area (Å²) in [5, 5.41) is 7.24. The molecule has 0 N–H and O–H groups in total. The van der Waals surface area contributed by atoms with Crippen molar-refractivity contribution < 1.29 is 4.52 Å². The molecule has 0 saturated heterocycles. The summed E-state index contributed by atoms with van der Waals surface area (Å²) in [4.78, 5) is 6.76. The summed E-state index contributed by atoms with van der Waals surface area (Å²) in [6, 6.07) is 6.93. The van der Waals surface area contributed by atoms with Gasteiger partial charge in [-0.25, -0.2) is 0 Å². The monoisotopic (exact) mass is 201 g/mol. The van der Waals surface area contributed by atoms with Crippen LogP contribution in [-0.2, 0) is 0 Å². The van der Waals surface area contributed by atoms with E-state index in [4.69, 9.17) is 10.1 Å². The van der Waals surface area contributed by atoms with Gasteiger partial charge in [-0.05, 0) is 5.53 Å². The summed E-state index contributed by atoms with van der Waals surface area (Å²) < 4.78 is 4.85. The van der Waals surface area contributed by atoms with E-state index in [1.807, 2.05) is 0 Å². The van der Waals surface area contributed by atoms with E-state index in [1.165, 1.54) is 0 Å². The first kappa shape index (κ1) is 9.23. The minimum Gasteiger partial charge on any atom is -0.339 e. The molecule has 0 aliphatic heterocycles. The van der Waals surface area contributed by atoms with Crippen LogP contribution in [0.3, 0.4) is 0 Å². The van der Waals surface area contributed by atoms with E-state index >= 15 is 0 Å². The Morgan fingerprint density at radius 3 is 2.60 bits per heavy atom. The second-order valence-electron chi connectivity index (χ2n) is 2.87. The van der Waals surface area contributed by atoms with Gasteiger partial charge in [0.25, 0.3) is 0 Å². The molecule has 2 rings (SSSR count). The lowest BCUT2D eigenvalue weighted by molar-refractivity contribution is 0.394. The number of rotatable bonds is 2. The fraction of sp³-hybridized carbons (Fsp3) is 0.111. The average molecular weight is 201 g/mol. The maximum Gasteiger partial charge on any atom is 0.223 e. The molecule has 0 saturated carbocycles. The van der Waals surface area contributed by atoms with Crippen molar-refractivity contribution in [3.05, 3.63) is 40.6 Å². The lowest BCUT2D eigenvalue weighted by atomic mass is 10.2. The number of aromatic nitrogens is 2. The lowest BCUT2D eigenvalue weighted by Crippen LogP contribution is -1.79. The Labute approximate surface area is 85.2 Å². The van der Waals surface area contributed by atoms with Crippen LogP contribution < -0.4 is 0 Å². The molecule has 1 heterocycles. The summed E-state index contributed by atoms with van der Waals surface area (Å²) in [5.74, 6) is 1.05. The third kappa shape index (κ3) is 1.95. The predicted octanol–water partition coefficient (Wildman–Crippen LogP) is 2.99. The van der Waals surface area contributed by atoms with E-state index in [-0.39, 0.29) is 0 Å². The summed E-state index contributed by atoms with van der Waals surface area (Å²) >= 11 is 0. The standard InChI is InChI=1S/C9H7N5O/c1-6-11-9(13-15-6)7-2-4-8(5-3-7)12-14-10/h2-5H,1H3. The van der Waals surface area contributed by atoms with Gasteiger partial charge in [0.2, 0.25) is 11.7 Å². The van der Waals surface area contributed by atoms with Crippen LogP contribution in [0.2, 0.25) is 0 Å².